The van der Waals surface area contributed by atoms with Crippen LogP contribution < -0.4 is 15.8 Å². The number of nitrogens with two attached hydrogens (primary N) is 1. The lowest BCUT2D eigenvalue weighted by molar-refractivity contribution is 0.0203. The van der Waals surface area contributed by atoms with Crippen LogP contribution in [0.1, 0.15) is 47.2 Å². The van der Waals surface area contributed by atoms with Crippen LogP contribution in [0.3, 0.4) is 0 Å². The Labute approximate surface area is 148 Å². The summed E-state index contributed by atoms with van der Waals surface area (Å²) in [5, 5.41) is 3.41. The van der Waals surface area contributed by atoms with Crippen molar-refractivity contribution in [1.29, 1.82) is 0 Å². The fourth-order valence-corrected chi connectivity index (χ4v) is 3.16. The van der Waals surface area contributed by atoms with Crippen LogP contribution in [0.25, 0.3) is 5.69 Å². The highest BCUT2D eigenvalue weighted by Gasteiger charge is 2.41. The van der Waals surface area contributed by atoms with E-state index in [1.54, 1.807) is 0 Å². The van der Waals surface area contributed by atoms with Gasteiger partial charge in [0.1, 0.15) is 5.75 Å². The van der Waals surface area contributed by atoms with Gasteiger partial charge in [-0.25, -0.2) is 0 Å². The van der Waals surface area contributed by atoms with Gasteiger partial charge in [-0.05, 0) is 44.4 Å². The molecule has 1 aromatic carbocycles. The Morgan fingerprint density at radius 2 is 1.62 bits per heavy atom. The third-order valence-electron chi connectivity index (χ3n) is 4.06. The van der Waals surface area contributed by atoms with Gasteiger partial charge in [0, 0.05) is 19.0 Å². The third-order valence-corrected chi connectivity index (χ3v) is 4.06. The van der Waals surface area contributed by atoms with Crippen LogP contribution in [0.5, 0.6) is 5.75 Å². The molecule has 0 aliphatic carbocycles. The van der Waals surface area contributed by atoms with Crippen molar-refractivity contribution in [3.63, 3.8) is 0 Å². The SMILES string of the molecule is C.C.CC.CN.c1ccc2c(c1)OC1(CCNCC1)c1cccn1-2. The van der Waals surface area contributed by atoms with Crippen molar-refractivity contribution >= 4 is 0 Å². The van der Waals surface area contributed by atoms with E-state index in [1.165, 1.54) is 12.7 Å². The zero-order chi connectivity index (χ0) is 16.0. The van der Waals surface area contributed by atoms with Crippen LogP contribution in [0, 0.1) is 0 Å². The molecular weight excluding hydrogens is 298 g/mol. The zero-order valence-corrected chi connectivity index (χ0v) is 13.8. The van der Waals surface area contributed by atoms with Gasteiger partial charge in [-0.1, -0.05) is 40.8 Å². The smallest absolute Gasteiger partial charge is 0.152 e. The van der Waals surface area contributed by atoms with E-state index in [2.05, 4.69) is 52.1 Å². The second-order valence-electron chi connectivity index (χ2n) is 5.08. The Kier molecular flexibility index (Phi) is 9.41. The van der Waals surface area contributed by atoms with Crippen LogP contribution >= 0.6 is 0 Å². The Hall–Kier alpha value is -1.78. The molecule has 3 heterocycles. The average Bonchev–Trinajstić information content (AvgIpc) is 3.11. The molecule has 2 aromatic rings. The molecule has 4 heteroatoms. The largest absolute Gasteiger partial charge is 0.479 e. The molecule has 1 saturated heterocycles. The van der Waals surface area contributed by atoms with E-state index in [4.69, 9.17) is 4.74 Å². The molecule has 0 radical (unpaired) electrons. The van der Waals surface area contributed by atoms with Crippen molar-refractivity contribution < 1.29 is 4.74 Å². The molecule has 0 bridgehead atoms. The fourth-order valence-electron chi connectivity index (χ4n) is 3.16. The maximum Gasteiger partial charge on any atom is 0.152 e. The molecule has 0 unspecified atom stereocenters. The Balaban J connectivity index is 0.000000826. The second-order valence-corrected chi connectivity index (χ2v) is 5.08. The van der Waals surface area contributed by atoms with Gasteiger partial charge in [-0.15, -0.1) is 0 Å². The number of rotatable bonds is 0. The summed E-state index contributed by atoms with van der Waals surface area (Å²) in [5.74, 6) is 1.00. The summed E-state index contributed by atoms with van der Waals surface area (Å²) in [6.45, 7) is 6.04. The third kappa shape index (κ3) is 3.82. The maximum atomic E-state index is 6.38. The quantitative estimate of drug-likeness (QED) is 0.755. The molecule has 136 valence electrons. The molecule has 1 aromatic heterocycles. The van der Waals surface area contributed by atoms with Crippen LogP contribution in [-0.2, 0) is 5.60 Å². The molecule has 1 fully saturated rings. The number of benzene rings is 1. The minimum absolute atomic E-state index is 0. The predicted molar refractivity (Wildman–Crippen MR) is 105 cm³/mol. The van der Waals surface area contributed by atoms with E-state index >= 15 is 0 Å². The Morgan fingerprint density at radius 3 is 2.29 bits per heavy atom. The lowest BCUT2D eigenvalue weighted by Gasteiger charge is -2.42. The zero-order valence-electron chi connectivity index (χ0n) is 13.8. The van der Waals surface area contributed by atoms with E-state index in [9.17, 15) is 0 Å². The number of aromatic nitrogens is 1. The van der Waals surface area contributed by atoms with Crippen LogP contribution in [0.2, 0.25) is 0 Å². The van der Waals surface area contributed by atoms with Crippen molar-refractivity contribution in [2.24, 2.45) is 5.73 Å². The standard InChI is InChI=1S/C15H16N2O.C2H6.CH5N.2CH4/c1-2-5-13-12(4-1)17-11-3-6-14(17)15(18-13)7-9-16-10-8-15;2*1-2;;/h1-6,11,16H,7-10H2;1-2H3;2H2,1H3;2*1H4. The van der Waals surface area contributed by atoms with Crippen molar-refractivity contribution in [2.75, 3.05) is 20.1 Å². The summed E-state index contributed by atoms with van der Waals surface area (Å²) >= 11 is 0. The summed E-state index contributed by atoms with van der Waals surface area (Å²) in [6.07, 6.45) is 4.21. The number of hydrogen-bond donors (Lipinski definition) is 2. The lowest BCUT2D eigenvalue weighted by Crippen LogP contribution is -2.46. The molecule has 4 nitrogen and oxygen atoms in total. The van der Waals surface area contributed by atoms with Gasteiger partial charge < -0.3 is 20.4 Å². The maximum absolute atomic E-state index is 6.38. The molecule has 0 atom stereocenters. The topological polar surface area (TPSA) is 52.2 Å². The first-order chi connectivity index (χ1) is 10.9. The molecule has 2 aliphatic heterocycles. The van der Waals surface area contributed by atoms with Crippen molar-refractivity contribution in [3.05, 3.63) is 48.3 Å². The summed E-state index contributed by atoms with van der Waals surface area (Å²) in [7, 11) is 1.50. The molecule has 24 heavy (non-hydrogen) atoms. The minimum Gasteiger partial charge on any atom is -0.479 e. The lowest BCUT2D eigenvalue weighted by atomic mass is 9.87. The van der Waals surface area contributed by atoms with E-state index in [-0.39, 0.29) is 20.5 Å². The number of fused-ring (bicyclic) bond motifs is 4. The van der Waals surface area contributed by atoms with Gasteiger partial charge in [0.25, 0.3) is 0 Å². The van der Waals surface area contributed by atoms with Crippen LogP contribution in [0.4, 0.5) is 0 Å². The summed E-state index contributed by atoms with van der Waals surface area (Å²) in [5.41, 5.74) is 6.81. The molecule has 0 saturated carbocycles. The molecule has 1 spiro atoms. The fraction of sp³-hybridized carbons (Fsp3) is 0.500. The second kappa shape index (κ2) is 10.2. The number of nitrogens with zero attached hydrogens (tertiary/aromatic N) is 1. The average molecular weight is 334 g/mol. The monoisotopic (exact) mass is 333 g/mol. The Bertz CT molecular complexity index is 586. The molecule has 4 rings (SSSR count). The van der Waals surface area contributed by atoms with Gasteiger partial charge in [-0.2, -0.15) is 0 Å². The normalized spacial score (nSPS) is 15.5. The first-order valence-electron chi connectivity index (χ1n) is 8.14. The van der Waals surface area contributed by atoms with Crippen molar-refractivity contribution in [1.82, 2.24) is 9.88 Å². The van der Waals surface area contributed by atoms with Gasteiger partial charge in [0.05, 0.1) is 11.4 Å². The first-order valence-corrected chi connectivity index (χ1v) is 8.14. The molecule has 0 amide bonds. The van der Waals surface area contributed by atoms with E-state index in [0.29, 0.717) is 0 Å². The van der Waals surface area contributed by atoms with Gasteiger partial charge in [0.15, 0.2) is 5.60 Å². The van der Waals surface area contributed by atoms with Gasteiger partial charge in [-0.3, -0.25) is 0 Å². The summed E-state index contributed by atoms with van der Waals surface area (Å²) < 4.78 is 8.67. The number of para-hydroxylation sites is 2. The highest BCUT2D eigenvalue weighted by molar-refractivity contribution is 5.52. The highest BCUT2D eigenvalue weighted by atomic mass is 16.5. The molecule has 2 aliphatic rings. The number of hydrogen-bond acceptors (Lipinski definition) is 3. The van der Waals surface area contributed by atoms with E-state index < -0.39 is 0 Å². The molecule has 3 N–H and O–H groups in total. The highest BCUT2D eigenvalue weighted by Crippen LogP contribution is 2.43. The first kappa shape index (κ1) is 22.2. The number of piperidine rings is 1. The van der Waals surface area contributed by atoms with Gasteiger partial charge in [0.2, 0.25) is 0 Å². The minimum atomic E-state index is -0.136. The van der Waals surface area contributed by atoms with Crippen LogP contribution in [-0.4, -0.2) is 24.7 Å². The van der Waals surface area contributed by atoms with E-state index in [1.807, 2.05) is 19.9 Å². The summed E-state index contributed by atoms with van der Waals surface area (Å²) in [4.78, 5) is 0. The summed E-state index contributed by atoms with van der Waals surface area (Å²) in [6, 6.07) is 12.6. The predicted octanol–water partition coefficient (Wildman–Crippen LogP) is 4.32. The molecular formula is C20H35N3O. The van der Waals surface area contributed by atoms with Crippen LogP contribution in [0.15, 0.2) is 42.6 Å². The van der Waals surface area contributed by atoms with Gasteiger partial charge >= 0.3 is 0 Å². The van der Waals surface area contributed by atoms with Crippen molar-refractivity contribution in [3.8, 4) is 11.4 Å². The Morgan fingerprint density at radius 1 is 1.00 bits per heavy atom. The van der Waals surface area contributed by atoms with Crippen molar-refractivity contribution in [2.45, 2.75) is 47.1 Å². The number of nitrogens with one attached hydrogen (secondary N) is 1. The number of ether oxygens (including phenoxy) is 1. The van der Waals surface area contributed by atoms with E-state index in [0.717, 1.165) is 37.4 Å².